The second-order valence-corrected chi connectivity index (χ2v) is 4.86. The summed E-state index contributed by atoms with van der Waals surface area (Å²) in [6.45, 7) is 4.42. The predicted molar refractivity (Wildman–Crippen MR) is 74.5 cm³/mol. The number of likely N-dealkylation sites (N-methyl/N-ethyl adjacent to an activating group) is 1. The molecule has 0 spiro atoms. The van der Waals surface area contributed by atoms with Crippen LogP contribution < -0.4 is 10.6 Å². The number of hydrogen-bond donors (Lipinski definition) is 1. The van der Waals surface area contributed by atoms with Gasteiger partial charge in [-0.1, -0.05) is 0 Å². The fourth-order valence-corrected chi connectivity index (χ4v) is 2.39. The van der Waals surface area contributed by atoms with Crippen molar-refractivity contribution < 1.29 is 0 Å². The van der Waals surface area contributed by atoms with Crippen LogP contribution in [-0.2, 0) is 0 Å². The van der Waals surface area contributed by atoms with Gasteiger partial charge in [0.1, 0.15) is 6.07 Å². The first-order chi connectivity index (χ1) is 8.70. The molecule has 1 aromatic rings. The van der Waals surface area contributed by atoms with E-state index in [2.05, 4.69) is 15.9 Å². The number of hydrogen-bond acceptors (Lipinski definition) is 4. The number of nitrogens with two attached hydrogens (primary N) is 1. The Morgan fingerprint density at radius 3 is 2.78 bits per heavy atom. The van der Waals surface area contributed by atoms with Crippen molar-refractivity contribution in [3.63, 3.8) is 0 Å². The van der Waals surface area contributed by atoms with Gasteiger partial charge in [0.2, 0.25) is 0 Å². The number of nitrogens with zero attached hydrogens (tertiary/aromatic N) is 3. The van der Waals surface area contributed by atoms with Crippen LogP contribution in [0.25, 0.3) is 0 Å². The van der Waals surface area contributed by atoms with Crippen molar-refractivity contribution in [2.75, 3.05) is 43.9 Å². The van der Waals surface area contributed by atoms with Crippen molar-refractivity contribution in [1.29, 1.82) is 5.26 Å². The van der Waals surface area contributed by atoms with E-state index in [0.717, 1.165) is 18.8 Å². The lowest BCUT2D eigenvalue weighted by Gasteiger charge is -2.24. The van der Waals surface area contributed by atoms with E-state index in [0.29, 0.717) is 11.3 Å². The molecule has 18 heavy (non-hydrogen) atoms. The summed E-state index contributed by atoms with van der Waals surface area (Å²) in [6, 6.07) is 7.73. The SMILES string of the molecule is CN(CCN1CCCC1)c1ccc(N)cc1C#N. The Kier molecular flexibility index (Phi) is 4.06. The van der Waals surface area contributed by atoms with Gasteiger partial charge in [0.15, 0.2) is 0 Å². The summed E-state index contributed by atoms with van der Waals surface area (Å²) in [5.41, 5.74) is 7.96. The molecule has 1 aromatic carbocycles. The maximum Gasteiger partial charge on any atom is 0.101 e. The van der Waals surface area contributed by atoms with Gasteiger partial charge in [-0.2, -0.15) is 5.26 Å². The van der Waals surface area contributed by atoms with E-state index in [1.165, 1.54) is 25.9 Å². The summed E-state index contributed by atoms with van der Waals surface area (Å²) in [5, 5.41) is 9.13. The largest absolute Gasteiger partial charge is 0.399 e. The van der Waals surface area contributed by atoms with E-state index in [4.69, 9.17) is 11.0 Å². The van der Waals surface area contributed by atoms with Gasteiger partial charge < -0.3 is 15.5 Å². The average Bonchev–Trinajstić information content (AvgIpc) is 2.88. The monoisotopic (exact) mass is 244 g/mol. The molecule has 1 heterocycles. The van der Waals surface area contributed by atoms with Crippen LogP contribution in [0.4, 0.5) is 11.4 Å². The molecule has 1 fully saturated rings. The summed E-state index contributed by atoms with van der Waals surface area (Å²) in [7, 11) is 2.03. The summed E-state index contributed by atoms with van der Waals surface area (Å²) in [4.78, 5) is 4.61. The van der Waals surface area contributed by atoms with Crippen LogP contribution in [0.3, 0.4) is 0 Å². The predicted octanol–water partition coefficient (Wildman–Crippen LogP) is 1.67. The highest BCUT2D eigenvalue weighted by Crippen LogP contribution is 2.21. The molecule has 0 aliphatic carbocycles. The molecule has 0 atom stereocenters. The molecule has 4 nitrogen and oxygen atoms in total. The van der Waals surface area contributed by atoms with Crippen molar-refractivity contribution in [2.24, 2.45) is 0 Å². The molecule has 0 unspecified atom stereocenters. The van der Waals surface area contributed by atoms with E-state index in [9.17, 15) is 0 Å². The van der Waals surface area contributed by atoms with Crippen LogP contribution in [0.5, 0.6) is 0 Å². The third-order valence-electron chi connectivity index (χ3n) is 3.50. The molecule has 0 saturated carbocycles. The smallest absolute Gasteiger partial charge is 0.101 e. The van der Waals surface area contributed by atoms with Gasteiger partial charge in [-0.3, -0.25) is 0 Å². The lowest BCUT2D eigenvalue weighted by molar-refractivity contribution is 0.346. The van der Waals surface area contributed by atoms with Gasteiger partial charge in [-0.25, -0.2) is 0 Å². The van der Waals surface area contributed by atoms with Crippen molar-refractivity contribution in [3.05, 3.63) is 23.8 Å². The molecular weight excluding hydrogens is 224 g/mol. The summed E-state index contributed by atoms with van der Waals surface area (Å²) >= 11 is 0. The minimum atomic E-state index is 0.642. The topological polar surface area (TPSA) is 56.3 Å². The van der Waals surface area contributed by atoms with Gasteiger partial charge in [-0.15, -0.1) is 0 Å². The Labute approximate surface area is 109 Å². The third kappa shape index (κ3) is 2.93. The standard InChI is InChI=1S/C14H20N4/c1-17(8-9-18-6-2-3-7-18)14-5-4-13(16)10-12(14)11-15/h4-5,10H,2-3,6-9,16H2,1H3. The summed E-state index contributed by atoms with van der Waals surface area (Å²) < 4.78 is 0. The Balaban J connectivity index is 1.99. The van der Waals surface area contributed by atoms with E-state index < -0.39 is 0 Å². The van der Waals surface area contributed by atoms with Gasteiger partial charge >= 0.3 is 0 Å². The maximum absolute atomic E-state index is 9.13. The number of likely N-dealkylation sites (tertiary alicyclic amines) is 1. The Morgan fingerprint density at radius 1 is 1.39 bits per heavy atom. The first-order valence-corrected chi connectivity index (χ1v) is 6.44. The molecule has 0 aromatic heterocycles. The normalized spacial score (nSPS) is 15.6. The molecule has 1 aliphatic heterocycles. The second kappa shape index (κ2) is 5.74. The van der Waals surface area contributed by atoms with Crippen molar-refractivity contribution in [2.45, 2.75) is 12.8 Å². The van der Waals surface area contributed by atoms with Crippen LogP contribution in [0.15, 0.2) is 18.2 Å². The molecule has 0 bridgehead atoms. The van der Waals surface area contributed by atoms with Crippen LogP contribution in [0.2, 0.25) is 0 Å². The molecular formula is C14H20N4. The van der Waals surface area contributed by atoms with Crippen LogP contribution in [-0.4, -0.2) is 38.1 Å². The second-order valence-electron chi connectivity index (χ2n) is 4.86. The average molecular weight is 244 g/mol. The highest BCUT2D eigenvalue weighted by Gasteiger charge is 2.13. The fraction of sp³-hybridized carbons (Fsp3) is 0.500. The van der Waals surface area contributed by atoms with Gasteiger partial charge in [-0.05, 0) is 44.1 Å². The van der Waals surface area contributed by atoms with Crippen molar-refractivity contribution in [3.8, 4) is 6.07 Å². The van der Waals surface area contributed by atoms with E-state index in [1.54, 1.807) is 6.07 Å². The lowest BCUT2D eigenvalue weighted by atomic mass is 10.1. The first kappa shape index (κ1) is 12.7. The molecule has 0 radical (unpaired) electrons. The fourth-order valence-electron chi connectivity index (χ4n) is 2.39. The quantitative estimate of drug-likeness (QED) is 0.819. The zero-order valence-corrected chi connectivity index (χ0v) is 10.9. The molecule has 96 valence electrons. The minimum Gasteiger partial charge on any atom is -0.399 e. The number of rotatable bonds is 4. The molecule has 2 rings (SSSR count). The highest BCUT2D eigenvalue weighted by molar-refractivity contribution is 5.64. The van der Waals surface area contributed by atoms with E-state index >= 15 is 0 Å². The Hall–Kier alpha value is -1.73. The van der Waals surface area contributed by atoms with E-state index in [1.807, 2.05) is 19.2 Å². The van der Waals surface area contributed by atoms with Gasteiger partial charge in [0.25, 0.3) is 0 Å². The van der Waals surface area contributed by atoms with Gasteiger partial charge in [0, 0.05) is 25.8 Å². The Bertz CT molecular complexity index is 444. The molecule has 1 aliphatic rings. The summed E-state index contributed by atoms with van der Waals surface area (Å²) in [5.74, 6) is 0. The molecule has 0 amide bonds. The number of nitrogen functional groups attached to an aromatic ring is 1. The number of benzene rings is 1. The van der Waals surface area contributed by atoms with E-state index in [-0.39, 0.29) is 0 Å². The maximum atomic E-state index is 9.13. The summed E-state index contributed by atoms with van der Waals surface area (Å²) in [6.07, 6.45) is 2.63. The van der Waals surface area contributed by atoms with Crippen molar-refractivity contribution >= 4 is 11.4 Å². The molecule has 1 saturated heterocycles. The molecule has 2 N–H and O–H groups in total. The number of nitriles is 1. The Morgan fingerprint density at radius 2 is 2.11 bits per heavy atom. The van der Waals surface area contributed by atoms with Crippen LogP contribution in [0.1, 0.15) is 18.4 Å². The van der Waals surface area contributed by atoms with Crippen molar-refractivity contribution in [1.82, 2.24) is 4.90 Å². The zero-order valence-electron chi connectivity index (χ0n) is 10.9. The number of anilines is 2. The van der Waals surface area contributed by atoms with Crippen LogP contribution >= 0.6 is 0 Å². The molecule has 4 heteroatoms. The zero-order chi connectivity index (χ0) is 13.0. The minimum absolute atomic E-state index is 0.642. The van der Waals surface area contributed by atoms with Gasteiger partial charge in [0.05, 0.1) is 11.3 Å². The van der Waals surface area contributed by atoms with Crippen LogP contribution in [0, 0.1) is 11.3 Å². The first-order valence-electron chi connectivity index (χ1n) is 6.44. The highest BCUT2D eigenvalue weighted by atomic mass is 15.2. The third-order valence-corrected chi connectivity index (χ3v) is 3.50. The lowest BCUT2D eigenvalue weighted by Crippen LogP contribution is -2.31.